The maximum atomic E-state index is 11.7. The lowest BCUT2D eigenvalue weighted by Gasteiger charge is -2.25. The summed E-state index contributed by atoms with van der Waals surface area (Å²) in [5.41, 5.74) is 0.552. The average Bonchev–Trinajstić information content (AvgIpc) is 2.70. The summed E-state index contributed by atoms with van der Waals surface area (Å²) in [7, 11) is 0. The molecule has 2 aliphatic heterocycles. The maximum Gasteiger partial charge on any atom is 0.415 e. The minimum atomic E-state index is -0.382. The van der Waals surface area contributed by atoms with Gasteiger partial charge in [0.1, 0.15) is 12.0 Å². The fraction of sp³-hybridized carbons (Fsp3) is 0.471. The van der Waals surface area contributed by atoms with Gasteiger partial charge in [0.25, 0.3) is 0 Å². The Labute approximate surface area is 156 Å². The minimum Gasteiger partial charge on any atom is -0.410 e. The Morgan fingerprint density at radius 1 is 0.923 bits per heavy atom. The van der Waals surface area contributed by atoms with E-state index in [1.54, 1.807) is 34.1 Å². The highest BCUT2D eigenvalue weighted by Gasteiger charge is 2.18. The zero-order chi connectivity index (χ0) is 18.8. The van der Waals surface area contributed by atoms with Gasteiger partial charge in [-0.1, -0.05) is 0 Å². The number of halogens is 1. The fourth-order valence-electron chi connectivity index (χ4n) is 2.26. The monoisotopic (exact) mass is 384 g/mol. The molecule has 9 heteroatoms. The van der Waals surface area contributed by atoms with Crippen molar-refractivity contribution in [3.63, 3.8) is 0 Å². The quantitative estimate of drug-likeness (QED) is 0.440. The number of amides is 2. The highest BCUT2D eigenvalue weighted by Crippen LogP contribution is 2.13. The van der Waals surface area contributed by atoms with E-state index in [1.807, 2.05) is 0 Å². The van der Waals surface area contributed by atoms with Gasteiger partial charge >= 0.3 is 11.5 Å². The average molecular weight is 385 g/mol. The molecule has 26 heavy (non-hydrogen) atoms. The molecule has 2 aliphatic rings. The van der Waals surface area contributed by atoms with E-state index in [1.165, 1.54) is 0 Å². The Morgan fingerprint density at radius 2 is 1.42 bits per heavy atom. The SMILES string of the molecule is O=C(Cl)N1CCOCC1.O=Cc1ccc(OC(=O)N2CCOCC2)cc1. The van der Waals surface area contributed by atoms with E-state index < -0.39 is 0 Å². The van der Waals surface area contributed by atoms with Crippen LogP contribution >= 0.6 is 11.6 Å². The highest BCUT2D eigenvalue weighted by molar-refractivity contribution is 6.62. The molecular formula is C17H21ClN2O6. The molecule has 0 saturated carbocycles. The van der Waals surface area contributed by atoms with Crippen molar-refractivity contribution in [3.8, 4) is 5.75 Å². The summed E-state index contributed by atoms with van der Waals surface area (Å²) in [5, 5.41) is -0.377. The first kappa shape index (κ1) is 20.2. The first-order valence-corrected chi connectivity index (χ1v) is 8.60. The standard InChI is InChI=1S/C12H13NO4.C5H8ClNO2/c14-9-10-1-3-11(4-2-10)17-12(15)13-5-7-16-8-6-13;6-5(8)7-1-3-9-4-2-7/h1-4,9H,5-8H2;1-4H2. The number of nitrogens with zero attached hydrogens (tertiary/aromatic N) is 2. The van der Waals surface area contributed by atoms with Gasteiger partial charge in [-0.15, -0.1) is 0 Å². The minimum absolute atomic E-state index is 0.377. The molecule has 2 amide bonds. The van der Waals surface area contributed by atoms with Gasteiger partial charge in [-0.25, -0.2) is 4.79 Å². The summed E-state index contributed by atoms with van der Waals surface area (Å²) in [4.78, 5) is 35.7. The van der Waals surface area contributed by atoms with Crippen LogP contribution in [0.15, 0.2) is 24.3 Å². The lowest BCUT2D eigenvalue weighted by Crippen LogP contribution is -2.42. The van der Waals surface area contributed by atoms with Gasteiger partial charge in [0.05, 0.1) is 26.4 Å². The first-order chi connectivity index (χ1) is 12.6. The molecule has 2 heterocycles. The number of aldehydes is 1. The Morgan fingerprint density at radius 3 is 1.85 bits per heavy atom. The third kappa shape index (κ3) is 6.62. The lowest BCUT2D eigenvalue weighted by atomic mass is 10.2. The van der Waals surface area contributed by atoms with Crippen LogP contribution in [0.5, 0.6) is 5.75 Å². The van der Waals surface area contributed by atoms with Crippen LogP contribution in [0, 0.1) is 0 Å². The lowest BCUT2D eigenvalue weighted by molar-refractivity contribution is 0.0416. The van der Waals surface area contributed by atoms with E-state index in [-0.39, 0.29) is 11.5 Å². The van der Waals surface area contributed by atoms with E-state index in [9.17, 15) is 14.4 Å². The van der Waals surface area contributed by atoms with Crippen molar-refractivity contribution in [3.05, 3.63) is 29.8 Å². The van der Waals surface area contributed by atoms with Crippen LogP contribution in [-0.2, 0) is 9.47 Å². The third-order valence-corrected chi connectivity index (χ3v) is 3.99. The Kier molecular flexibility index (Phi) is 8.33. The molecule has 0 aliphatic carbocycles. The number of carbonyl (C=O) groups is 3. The predicted molar refractivity (Wildman–Crippen MR) is 93.9 cm³/mol. The Hall–Kier alpha value is -2.16. The molecule has 0 radical (unpaired) electrons. The summed E-state index contributed by atoms with van der Waals surface area (Å²) < 4.78 is 15.3. The molecule has 0 bridgehead atoms. The zero-order valence-corrected chi connectivity index (χ0v) is 15.0. The fourth-order valence-corrected chi connectivity index (χ4v) is 2.43. The number of rotatable bonds is 2. The third-order valence-electron chi connectivity index (χ3n) is 3.75. The number of morpholine rings is 2. The molecule has 0 N–H and O–H groups in total. The molecule has 3 rings (SSSR count). The molecule has 2 fully saturated rings. The molecule has 8 nitrogen and oxygen atoms in total. The molecular weight excluding hydrogens is 364 g/mol. The van der Waals surface area contributed by atoms with E-state index in [2.05, 4.69) is 0 Å². The second kappa shape index (κ2) is 10.7. The molecule has 1 aromatic rings. The number of hydrogen-bond donors (Lipinski definition) is 0. The van der Waals surface area contributed by atoms with Gasteiger partial charge in [0, 0.05) is 31.7 Å². The van der Waals surface area contributed by atoms with Crippen LogP contribution in [-0.4, -0.2) is 80.2 Å². The van der Waals surface area contributed by atoms with Crippen molar-refractivity contribution in [1.82, 2.24) is 9.80 Å². The van der Waals surface area contributed by atoms with Crippen molar-refractivity contribution >= 4 is 29.3 Å². The summed E-state index contributed by atoms with van der Waals surface area (Å²) in [6, 6.07) is 6.41. The molecule has 0 atom stereocenters. The molecule has 0 spiro atoms. The highest BCUT2D eigenvalue weighted by atomic mass is 35.5. The molecule has 142 valence electrons. The van der Waals surface area contributed by atoms with E-state index in [4.69, 9.17) is 25.8 Å². The molecule has 2 saturated heterocycles. The van der Waals surface area contributed by atoms with Crippen molar-refractivity contribution in [1.29, 1.82) is 0 Å². The molecule has 0 unspecified atom stereocenters. The number of benzene rings is 1. The molecule has 0 aromatic heterocycles. The number of hydrogen-bond acceptors (Lipinski definition) is 6. The second-order valence-corrected chi connectivity index (χ2v) is 5.83. The molecule has 1 aromatic carbocycles. The smallest absolute Gasteiger partial charge is 0.410 e. The summed E-state index contributed by atoms with van der Waals surface area (Å²) in [6.07, 6.45) is 0.361. The van der Waals surface area contributed by atoms with Crippen LogP contribution in [0.3, 0.4) is 0 Å². The Balaban J connectivity index is 0.000000228. The van der Waals surface area contributed by atoms with Gasteiger partial charge < -0.3 is 24.0 Å². The second-order valence-electron chi connectivity index (χ2n) is 5.51. The maximum absolute atomic E-state index is 11.7. The Bertz CT molecular complexity index is 598. The van der Waals surface area contributed by atoms with Crippen molar-refractivity contribution in [2.45, 2.75) is 0 Å². The number of carbonyl (C=O) groups excluding carboxylic acids is 3. The van der Waals surface area contributed by atoms with E-state index in [0.29, 0.717) is 63.9 Å². The van der Waals surface area contributed by atoms with E-state index in [0.717, 1.165) is 6.29 Å². The topological polar surface area (TPSA) is 85.4 Å². The predicted octanol–water partition coefficient (Wildman–Crippen LogP) is 2.01. The van der Waals surface area contributed by atoms with Crippen LogP contribution in [0.1, 0.15) is 10.4 Å². The van der Waals surface area contributed by atoms with Gasteiger partial charge in [0.2, 0.25) is 0 Å². The zero-order valence-electron chi connectivity index (χ0n) is 14.3. The largest absolute Gasteiger partial charge is 0.415 e. The summed E-state index contributed by atoms with van der Waals surface area (Å²) >= 11 is 5.19. The van der Waals surface area contributed by atoms with Crippen molar-refractivity contribution < 1.29 is 28.6 Å². The van der Waals surface area contributed by atoms with Crippen LogP contribution in [0.4, 0.5) is 9.59 Å². The number of ether oxygens (including phenoxy) is 3. The van der Waals surface area contributed by atoms with Gasteiger partial charge in [-0.3, -0.25) is 9.59 Å². The van der Waals surface area contributed by atoms with Crippen LogP contribution in [0.2, 0.25) is 0 Å². The van der Waals surface area contributed by atoms with Gasteiger partial charge in [-0.2, -0.15) is 0 Å². The van der Waals surface area contributed by atoms with Crippen LogP contribution < -0.4 is 4.74 Å². The van der Waals surface area contributed by atoms with Gasteiger partial charge in [-0.05, 0) is 35.9 Å². The summed E-state index contributed by atoms with van der Waals surface area (Å²) in [5.74, 6) is 0.437. The first-order valence-electron chi connectivity index (χ1n) is 8.22. The van der Waals surface area contributed by atoms with Crippen molar-refractivity contribution in [2.75, 3.05) is 52.6 Å². The van der Waals surface area contributed by atoms with E-state index >= 15 is 0 Å². The van der Waals surface area contributed by atoms with Gasteiger partial charge in [0.15, 0.2) is 0 Å². The summed E-state index contributed by atoms with van der Waals surface area (Å²) in [6.45, 7) is 4.65. The van der Waals surface area contributed by atoms with Crippen molar-refractivity contribution in [2.24, 2.45) is 0 Å². The van der Waals surface area contributed by atoms with Crippen LogP contribution in [0.25, 0.3) is 0 Å². The normalized spacial score (nSPS) is 17.0.